The number of sulfone groups is 1. The maximum Gasteiger partial charge on any atom is 0.208 e. The Labute approximate surface area is 98.5 Å². The van der Waals surface area contributed by atoms with Crippen LogP contribution in [0.1, 0.15) is 59.3 Å². The lowest BCUT2D eigenvalue weighted by Gasteiger charge is -2.29. The predicted octanol–water partition coefficient (Wildman–Crippen LogP) is 3.47. The molecule has 0 bridgehead atoms. The Kier molecular flexibility index (Phi) is 4.38. The Morgan fingerprint density at radius 2 is 1.75 bits per heavy atom. The van der Waals surface area contributed by atoms with Gasteiger partial charge >= 0.3 is 0 Å². The zero-order valence-corrected chi connectivity index (χ0v) is 11.3. The average molecular weight is 250 g/mol. The van der Waals surface area contributed by atoms with Crippen molar-refractivity contribution in [2.45, 2.75) is 69.5 Å². The Hall–Kier alpha value is -0.120. The number of hydrogen-bond donors (Lipinski definition) is 0. The molecule has 16 heavy (non-hydrogen) atoms. The van der Waals surface area contributed by atoms with Gasteiger partial charge in [-0.2, -0.15) is 0 Å². The van der Waals surface area contributed by atoms with Gasteiger partial charge in [0.2, 0.25) is 5.00 Å². The number of halogens is 1. The Morgan fingerprint density at radius 3 is 2.19 bits per heavy atom. The van der Waals surface area contributed by atoms with E-state index in [9.17, 15) is 12.8 Å². The van der Waals surface area contributed by atoms with Crippen LogP contribution in [0, 0.1) is 5.92 Å². The summed E-state index contributed by atoms with van der Waals surface area (Å²) in [6.07, 6.45) is 5.56. The predicted molar refractivity (Wildman–Crippen MR) is 64.8 cm³/mol. The molecular formula is C12H23FO2S. The molecule has 1 saturated carbocycles. The minimum Gasteiger partial charge on any atom is -0.227 e. The highest BCUT2D eigenvalue weighted by atomic mass is 32.2. The molecule has 1 aliphatic rings. The van der Waals surface area contributed by atoms with E-state index in [0.29, 0.717) is 0 Å². The van der Waals surface area contributed by atoms with Crippen LogP contribution in [0.15, 0.2) is 0 Å². The van der Waals surface area contributed by atoms with E-state index in [1.807, 2.05) is 0 Å². The van der Waals surface area contributed by atoms with Crippen LogP contribution >= 0.6 is 0 Å². The van der Waals surface area contributed by atoms with Crippen LogP contribution in [0.4, 0.5) is 4.39 Å². The van der Waals surface area contributed by atoms with Crippen molar-refractivity contribution in [3.8, 4) is 0 Å². The fourth-order valence-corrected chi connectivity index (χ4v) is 3.97. The summed E-state index contributed by atoms with van der Waals surface area (Å²) in [4.78, 5) is 0. The lowest BCUT2D eigenvalue weighted by molar-refractivity contribution is 0.204. The maximum absolute atomic E-state index is 14.3. The van der Waals surface area contributed by atoms with Crippen molar-refractivity contribution in [3.63, 3.8) is 0 Å². The summed E-state index contributed by atoms with van der Waals surface area (Å²) in [5.74, 6) is 0.247. The fraction of sp³-hybridized carbons (Fsp3) is 1.00. The van der Waals surface area contributed by atoms with Crippen LogP contribution in [0.3, 0.4) is 0 Å². The van der Waals surface area contributed by atoms with E-state index in [0.717, 1.165) is 25.7 Å². The van der Waals surface area contributed by atoms with Crippen molar-refractivity contribution in [1.82, 2.24) is 0 Å². The third-order valence-corrected chi connectivity index (χ3v) is 6.19. The molecule has 1 atom stereocenters. The lowest BCUT2D eigenvalue weighted by atomic mass is 9.86. The third kappa shape index (κ3) is 2.96. The van der Waals surface area contributed by atoms with Crippen molar-refractivity contribution in [1.29, 1.82) is 0 Å². The molecule has 1 rings (SSSR count). The minimum atomic E-state index is -3.64. The Bertz CT molecular complexity index is 314. The van der Waals surface area contributed by atoms with Crippen molar-refractivity contribution in [2.24, 2.45) is 5.92 Å². The molecule has 0 aliphatic heterocycles. The second-order valence-electron chi connectivity index (χ2n) is 5.40. The molecule has 0 radical (unpaired) electrons. The van der Waals surface area contributed by atoms with Gasteiger partial charge in [0.1, 0.15) is 0 Å². The summed E-state index contributed by atoms with van der Waals surface area (Å²) in [6, 6.07) is 0. The third-order valence-electron chi connectivity index (χ3n) is 3.59. The molecule has 0 aromatic heterocycles. The van der Waals surface area contributed by atoms with Gasteiger partial charge in [-0.3, -0.25) is 0 Å². The van der Waals surface area contributed by atoms with Crippen molar-refractivity contribution in [2.75, 3.05) is 0 Å². The second kappa shape index (κ2) is 5.03. The van der Waals surface area contributed by atoms with Crippen LogP contribution in [0.5, 0.6) is 0 Å². The van der Waals surface area contributed by atoms with Crippen molar-refractivity contribution in [3.05, 3.63) is 0 Å². The zero-order chi connectivity index (χ0) is 12.4. The van der Waals surface area contributed by atoms with E-state index < -0.39 is 20.1 Å². The summed E-state index contributed by atoms with van der Waals surface area (Å²) in [7, 11) is -3.64. The summed E-state index contributed by atoms with van der Waals surface area (Å²) in [5, 5.41) is -2.69. The number of hydrogen-bond acceptors (Lipinski definition) is 2. The molecule has 96 valence electrons. The lowest BCUT2D eigenvalue weighted by Crippen LogP contribution is -2.38. The van der Waals surface area contributed by atoms with Crippen LogP contribution < -0.4 is 0 Å². The molecule has 0 saturated heterocycles. The first-order valence-corrected chi connectivity index (χ1v) is 7.74. The first kappa shape index (κ1) is 13.9. The quantitative estimate of drug-likeness (QED) is 0.765. The van der Waals surface area contributed by atoms with Gasteiger partial charge < -0.3 is 0 Å². The van der Waals surface area contributed by atoms with Gasteiger partial charge in [-0.15, -0.1) is 0 Å². The Balaban J connectivity index is 2.70. The van der Waals surface area contributed by atoms with Crippen molar-refractivity contribution >= 4 is 9.84 Å². The molecule has 0 N–H and O–H groups in total. The monoisotopic (exact) mass is 250 g/mol. The highest BCUT2D eigenvalue weighted by Gasteiger charge is 2.42. The summed E-state index contributed by atoms with van der Waals surface area (Å²) in [6.45, 7) is 4.33. The SMILES string of the molecule is CC(C)S(=O)(=O)C(C)(F)CC1CCCCC1. The molecule has 2 nitrogen and oxygen atoms in total. The highest BCUT2D eigenvalue weighted by Crippen LogP contribution is 2.36. The number of alkyl halides is 1. The van der Waals surface area contributed by atoms with E-state index >= 15 is 0 Å². The first-order chi connectivity index (χ1) is 7.27. The van der Waals surface area contributed by atoms with Gasteiger partial charge in [0.15, 0.2) is 9.84 Å². The summed E-state index contributed by atoms with van der Waals surface area (Å²) in [5.41, 5.74) is 0. The molecule has 0 aromatic rings. The molecule has 4 heteroatoms. The van der Waals surface area contributed by atoms with Gasteiger partial charge in [0.05, 0.1) is 5.25 Å². The van der Waals surface area contributed by atoms with E-state index in [-0.39, 0.29) is 12.3 Å². The molecule has 0 spiro atoms. The first-order valence-electron chi connectivity index (χ1n) is 6.20. The van der Waals surface area contributed by atoms with E-state index in [1.165, 1.54) is 13.3 Å². The van der Waals surface area contributed by atoms with E-state index in [1.54, 1.807) is 13.8 Å². The van der Waals surface area contributed by atoms with Gasteiger partial charge in [0.25, 0.3) is 0 Å². The van der Waals surface area contributed by atoms with Crippen molar-refractivity contribution < 1.29 is 12.8 Å². The molecular weight excluding hydrogens is 227 g/mol. The molecule has 0 aromatic carbocycles. The molecule has 1 unspecified atom stereocenters. The van der Waals surface area contributed by atoms with E-state index in [4.69, 9.17) is 0 Å². The minimum absolute atomic E-state index is 0.174. The Morgan fingerprint density at radius 1 is 1.25 bits per heavy atom. The molecule has 1 fully saturated rings. The van der Waals surface area contributed by atoms with Crippen LogP contribution in [0.2, 0.25) is 0 Å². The fourth-order valence-electron chi connectivity index (χ4n) is 2.51. The summed E-state index contributed by atoms with van der Waals surface area (Å²) < 4.78 is 38.0. The second-order valence-corrected chi connectivity index (χ2v) is 8.29. The molecule has 1 aliphatic carbocycles. The van der Waals surface area contributed by atoms with Gasteiger partial charge in [0, 0.05) is 0 Å². The molecule has 0 heterocycles. The normalized spacial score (nSPS) is 23.3. The molecule has 0 amide bonds. The number of rotatable bonds is 4. The van der Waals surface area contributed by atoms with Gasteiger partial charge in [-0.05, 0) is 33.1 Å². The largest absolute Gasteiger partial charge is 0.227 e. The van der Waals surface area contributed by atoms with E-state index in [2.05, 4.69) is 0 Å². The topological polar surface area (TPSA) is 34.1 Å². The average Bonchev–Trinajstić information content (AvgIpc) is 2.18. The van der Waals surface area contributed by atoms with Gasteiger partial charge in [-0.25, -0.2) is 12.8 Å². The zero-order valence-electron chi connectivity index (χ0n) is 10.5. The smallest absolute Gasteiger partial charge is 0.208 e. The summed E-state index contributed by atoms with van der Waals surface area (Å²) >= 11 is 0. The van der Waals surface area contributed by atoms with Crippen LogP contribution in [-0.2, 0) is 9.84 Å². The van der Waals surface area contributed by atoms with Gasteiger partial charge in [-0.1, -0.05) is 32.1 Å². The standard InChI is InChI=1S/C12H23FO2S/c1-10(2)16(14,15)12(3,13)9-11-7-5-4-6-8-11/h10-11H,4-9H2,1-3H3. The van der Waals surface area contributed by atoms with Crippen LogP contribution in [0.25, 0.3) is 0 Å². The highest BCUT2D eigenvalue weighted by molar-refractivity contribution is 7.93. The van der Waals surface area contributed by atoms with Crippen LogP contribution in [-0.4, -0.2) is 18.7 Å². The maximum atomic E-state index is 14.3.